The van der Waals surface area contributed by atoms with Crippen molar-refractivity contribution in [1.29, 1.82) is 0 Å². The van der Waals surface area contributed by atoms with E-state index in [1.54, 1.807) is 31.2 Å². The Kier molecular flexibility index (Phi) is 4.53. The summed E-state index contributed by atoms with van der Waals surface area (Å²) in [6, 6.07) is 9.11. The molecule has 0 radical (unpaired) electrons. The summed E-state index contributed by atoms with van der Waals surface area (Å²) < 4.78 is 53.9. The number of aromatic nitrogens is 3. The fourth-order valence-corrected chi connectivity index (χ4v) is 3.26. The van der Waals surface area contributed by atoms with E-state index in [0.717, 1.165) is 10.6 Å². The van der Waals surface area contributed by atoms with E-state index in [9.17, 15) is 22.4 Å². The summed E-state index contributed by atoms with van der Waals surface area (Å²) in [7, 11) is 0. The number of rotatable bonds is 2. The minimum absolute atomic E-state index is 0.0909. The van der Waals surface area contributed by atoms with Crippen LogP contribution in [0.25, 0.3) is 27.7 Å². The lowest BCUT2D eigenvalue weighted by atomic mass is 10.0. The molecule has 4 aromatic rings. The molecule has 0 atom stereocenters. The summed E-state index contributed by atoms with van der Waals surface area (Å²) in [4.78, 5) is 21.2. The molecule has 0 saturated carbocycles. The molecular formula is C21H14F4N4O. The number of hydrogen-bond donors (Lipinski definition) is 1. The third-order valence-electron chi connectivity index (χ3n) is 4.72. The number of aryl methyl sites for hydroxylation is 1. The van der Waals surface area contributed by atoms with Gasteiger partial charge in [-0.25, -0.2) is 14.4 Å². The predicted octanol–water partition coefficient (Wildman–Crippen LogP) is 4.50. The van der Waals surface area contributed by atoms with Crippen LogP contribution < -0.4 is 11.3 Å². The highest BCUT2D eigenvalue weighted by Crippen LogP contribution is 2.32. The largest absolute Gasteiger partial charge is 0.419 e. The normalized spacial score (nSPS) is 11.8. The number of nitrogen functional groups attached to an aromatic ring is 1. The van der Waals surface area contributed by atoms with Crippen LogP contribution in [0.5, 0.6) is 0 Å². The third-order valence-corrected chi connectivity index (χ3v) is 4.72. The molecule has 0 unspecified atom stereocenters. The molecule has 4 rings (SSSR count). The SMILES string of the molecule is Cc1ccn(-c2ccc(F)c(C(F)(F)F)c2)c(=O)c1-c1ccc2nc(N)ncc2c1. The van der Waals surface area contributed by atoms with Crippen molar-refractivity contribution in [3.05, 3.63) is 82.2 Å². The minimum atomic E-state index is -4.88. The van der Waals surface area contributed by atoms with Gasteiger partial charge in [-0.3, -0.25) is 9.36 Å². The highest BCUT2D eigenvalue weighted by atomic mass is 19.4. The molecule has 0 fully saturated rings. The molecule has 0 aliphatic heterocycles. The third kappa shape index (κ3) is 3.38. The standard InChI is InChI=1S/C21H14F4N4O/c1-11-6-7-29(14-3-4-16(22)15(9-14)21(23,24)25)19(30)18(11)12-2-5-17-13(8-12)10-27-20(26)28-17/h2-10H,1H3,(H2,26,27,28). The first-order chi connectivity index (χ1) is 14.1. The van der Waals surface area contributed by atoms with E-state index in [2.05, 4.69) is 9.97 Å². The van der Waals surface area contributed by atoms with Gasteiger partial charge in [0.1, 0.15) is 5.82 Å². The maximum atomic E-state index is 13.6. The molecule has 2 heterocycles. The number of pyridine rings is 1. The minimum Gasteiger partial charge on any atom is -0.368 e. The van der Waals surface area contributed by atoms with Gasteiger partial charge in [-0.15, -0.1) is 0 Å². The monoisotopic (exact) mass is 414 g/mol. The molecular weight excluding hydrogens is 400 g/mol. The molecule has 2 N–H and O–H groups in total. The Morgan fingerprint density at radius 2 is 1.83 bits per heavy atom. The second-order valence-corrected chi connectivity index (χ2v) is 6.71. The number of alkyl halides is 3. The van der Waals surface area contributed by atoms with Crippen molar-refractivity contribution < 1.29 is 17.6 Å². The predicted molar refractivity (Wildman–Crippen MR) is 105 cm³/mol. The Bertz CT molecular complexity index is 1350. The van der Waals surface area contributed by atoms with E-state index in [1.165, 1.54) is 12.4 Å². The fourth-order valence-electron chi connectivity index (χ4n) is 3.26. The van der Waals surface area contributed by atoms with E-state index in [4.69, 9.17) is 5.73 Å². The summed E-state index contributed by atoms with van der Waals surface area (Å²) in [5, 5.41) is 0.650. The van der Waals surface area contributed by atoms with Crippen LogP contribution >= 0.6 is 0 Å². The van der Waals surface area contributed by atoms with Gasteiger partial charge in [0.05, 0.1) is 16.6 Å². The molecule has 5 nitrogen and oxygen atoms in total. The van der Waals surface area contributed by atoms with E-state index in [0.29, 0.717) is 39.7 Å². The van der Waals surface area contributed by atoms with Crippen LogP contribution in [0.15, 0.2) is 59.7 Å². The Hall–Kier alpha value is -3.75. The van der Waals surface area contributed by atoms with Crippen molar-refractivity contribution in [2.45, 2.75) is 13.1 Å². The Morgan fingerprint density at radius 1 is 1.07 bits per heavy atom. The van der Waals surface area contributed by atoms with Gasteiger partial charge in [0.2, 0.25) is 5.95 Å². The number of nitrogens with zero attached hydrogens (tertiary/aromatic N) is 3. The number of fused-ring (bicyclic) bond motifs is 1. The average Bonchev–Trinajstić information content (AvgIpc) is 2.68. The first-order valence-electron chi connectivity index (χ1n) is 8.77. The van der Waals surface area contributed by atoms with E-state index in [-0.39, 0.29) is 11.6 Å². The number of nitrogens with two attached hydrogens (primary N) is 1. The van der Waals surface area contributed by atoms with E-state index >= 15 is 0 Å². The van der Waals surface area contributed by atoms with Crippen molar-refractivity contribution in [2.75, 3.05) is 5.73 Å². The maximum Gasteiger partial charge on any atom is 0.419 e. The molecule has 9 heteroatoms. The molecule has 2 aromatic carbocycles. The van der Waals surface area contributed by atoms with Gasteiger partial charge in [0, 0.05) is 23.5 Å². The average molecular weight is 414 g/mol. The molecule has 0 spiro atoms. The van der Waals surface area contributed by atoms with Crippen LogP contribution in [0.2, 0.25) is 0 Å². The van der Waals surface area contributed by atoms with Crippen molar-refractivity contribution in [3.63, 3.8) is 0 Å². The number of benzene rings is 2. The quantitative estimate of drug-likeness (QED) is 0.491. The van der Waals surface area contributed by atoms with Crippen molar-refractivity contribution in [3.8, 4) is 16.8 Å². The smallest absolute Gasteiger partial charge is 0.368 e. The summed E-state index contributed by atoms with van der Waals surface area (Å²) in [6.45, 7) is 1.72. The summed E-state index contributed by atoms with van der Waals surface area (Å²) >= 11 is 0. The fraction of sp³-hybridized carbons (Fsp3) is 0.0952. The Balaban J connectivity index is 1.90. The van der Waals surface area contributed by atoms with E-state index in [1.807, 2.05) is 0 Å². The first kappa shape index (κ1) is 19.6. The molecule has 2 aromatic heterocycles. The van der Waals surface area contributed by atoms with Gasteiger partial charge in [-0.2, -0.15) is 13.2 Å². The maximum absolute atomic E-state index is 13.6. The highest BCUT2D eigenvalue weighted by Gasteiger charge is 2.34. The zero-order valence-electron chi connectivity index (χ0n) is 15.5. The molecule has 0 aliphatic carbocycles. The van der Waals surface area contributed by atoms with Gasteiger partial charge in [0.25, 0.3) is 5.56 Å². The summed E-state index contributed by atoms with van der Waals surface area (Å²) in [6.07, 6.45) is -2.00. The van der Waals surface area contributed by atoms with Crippen LogP contribution in [0, 0.1) is 12.7 Å². The zero-order chi connectivity index (χ0) is 21.6. The zero-order valence-corrected chi connectivity index (χ0v) is 15.5. The molecule has 0 saturated heterocycles. The number of hydrogen-bond acceptors (Lipinski definition) is 4. The molecule has 0 amide bonds. The van der Waals surface area contributed by atoms with E-state index < -0.39 is 23.1 Å². The van der Waals surface area contributed by atoms with Gasteiger partial charge in [-0.1, -0.05) is 6.07 Å². The van der Waals surface area contributed by atoms with Crippen molar-refractivity contribution >= 4 is 16.9 Å². The Morgan fingerprint density at radius 3 is 2.57 bits per heavy atom. The molecule has 0 bridgehead atoms. The van der Waals surface area contributed by atoms with Gasteiger partial charge >= 0.3 is 6.18 Å². The molecule has 30 heavy (non-hydrogen) atoms. The van der Waals surface area contributed by atoms with Gasteiger partial charge in [-0.05, 0) is 54.4 Å². The van der Waals surface area contributed by atoms with Gasteiger partial charge in [0.15, 0.2) is 0 Å². The Labute approximate surface area is 167 Å². The van der Waals surface area contributed by atoms with Crippen molar-refractivity contribution in [1.82, 2.24) is 14.5 Å². The second-order valence-electron chi connectivity index (χ2n) is 6.71. The first-order valence-corrected chi connectivity index (χ1v) is 8.77. The summed E-state index contributed by atoms with van der Waals surface area (Å²) in [5.41, 5.74) is 5.58. The lowest BCUT2D eigenvalue weighted by Gasteiger charge is -2.14. The van der Waals surface area contributed by atoms with Crippen LogP contribution in [-0.2, 0) is 6.18 Å². The summed E-state index contributed by atoms with van der Waals surface area (Å²) in [5.74, 6) is -1.29. The number of halogens is 4. The topological polar surface area (TPSA) is 73.8 Å². The molecule has 152 valence electrons. The van der Waals surface area contributed by atoms with Crippen LogP contribution in [0.3, 0.4) is 0 Å². The van der Waals surface area contributed by atoms with Crippen molar-refractivity contribution in [2.24, 2.45) is 0 Å². The number of anilines is 1. The molecule has 0 aliphatic rings. The van der Waals surface area contributed by atoms with Gasteiger partial charge < -0.3 is 5.73 Å². The van der Waals surface area contributed by atoms with Crippen LogP contribution in [0.4, 0.5) is 23.5 Å². The lowest BCUT2D eigenvalue weighted by molar-refractivity contribution is -0.140. The second kappa shape index (κ2) is 6.94. The highest BCUT2D eigenvalue weighted by molar-refractivity contribution is 5.85. The lowest BCUT2D eigenvalue weighted by Crippen LogP contribution is -2.21. The van der Waals surface area contributed by atoms with Crippen LogP contribution in [-0.4, -0.2) is 14.5 Å². The van der Waals surface area contributed by atoms with Crippen LogP contribution in [0.1, 0.15) is 11.1 Å².